The second kappa shape index (κ2) is 7.21. The number of methoxy groups -OCH3 is 1. The van der Waals surface area contributed by atoms with Gasteiger partial charge in [0.15, 0.2) is 5.82 Å². The molecular weight excluding hydrogens is 318 g/mol. The zero-order valence-corrected chi connectivity index (χ0v) is 15.1. The van der Waals surface area contributed by atoms with E-state index in [9.17, 15) is 4.79 Å². The highest BCUT2D eigenvalue weighted by Gasteiger charge is 2.46. The monoisotopic (exact) mass is 343 g/mol. The van der Waals surface area contributed by atoms with Crippen LogP contribution in [-0.2, 0) is 23.4 Å². The molecule has 7 heteroatoms. The summed E-state index contributed by atoms with van der Waals surface area (Å²) in [6.45, 7) is 5.52. The van der Waals surface area contributed by atoms with Crippen LogP contribution in [0.1, 0.15) is 50.9 Å². The predicted octanol–water partition coefficient (Wildman–Crippen LogP) is 2.52. The molecule has 0 bridgehead atoms. The van der Waals surface area contributed by atoms with E-state index in [0.717, 1.165) is 42.9 Å². The third kappa shape index (κ3) is 3.36. The Kier molecular flexibility index (Phi) is 5.01. The number of benzene rings is 1. The molecule has 25 heavy (non-hydrogen) atoms. The quantitative estimate of drug-likeness (QED) is 0.772. The first-order valence-electron chi connectivity index (χ1n) is 8.78. The minimum atomic E-state index is -0.478. The summed E-state index contributed by atoms with van der Waals surface area (Å²) in [6, 6.07) is 7.81. The van der Waals surface area contributed by atoms with Gasteiger partial charge in [-0.15, -0.1) is 5.10 Å². The van der Waals surface area contributed by atoms with Gasteiger partial charge in [-0.3, -0.25) is 4.79 Å². The Morgan fingerprint density at radius 2 is 2.04 bits per heavy atom. The van der Waals surface area contributed by atoms with E-state index < -0.39 is 5.54 Å². The lowest BCUT2D eigenvalue weighted by molar-refractivity contribution is -0.132. The van der Waals surface area contributed by atoms with Crippen molar-refractivity contribution < 1.29 is 9.53 Å². The number of carbonyl (C=O) groups is 1. The van der Waals surface area contributed by atoms with Crippen molar-refractivity contribution in [2.75, 3.05) is 7.11 Å². The van der Waals surface area contributed by atoms with Crippen molar-refractivity contribution in [1.29, 1.82) is 0 Å². The Balaban J connectivity index is 1.86. The number of aromatic nitrogens is 4. The van der Waals surface area contributed by atoms with Crippen LogP contribution in [0.4, 0.5) is 0 Å². The number of unbranched alkanes of at least 4 members (excludes halogenated alkanes) is 1. The normalized spacial score (nSPS) is 20.3. The molecule has 0 radical (unpaired) electrons. The van der Waals surface area contributed by atoms with Crippen LogP contribution in [0.15, 0.2) is 24.3 Å². The lowest BCUT2D eigenvalue weighted by Gasteiger charge is -2.34. The zero-order valence-electron chi connectivity index (χ0n) is 15.1. The minimum absolute atomic E-state index is 0.142. The number of tetrazole rings is 1. The predicted molar refractivity (Wildman–Crippen MR) is 92.9 cm³/mol. The first kappa shape index (κ1) is 17.4. The van der Waals surface area contributed by atoms with Gasteiger partial charge in [-0.2, -0.15) is 0 Å². The van der Waals surface area contributed by atoms with E-state index >= 15 is 0 Å². The number of aryl methyl sites for hydroxylation is 1. The summed E-state index contributed by atoms with van der Waals surface area (Å²) in [7, 11) is 1.65. The molecule has 1 amide bonds. The molecule has 0 saturated carbocycles. The highest BCUT2D eigenvalue weighted by molar-refractivity contribution is 5.79. The molecule has 1 aliphatic rings. The second-order valence-corrected chi connectivity index (χ2v) is 6.68. The van der Waals surface area contributed by atoms with E-state index in [0.29, 0.717) is 13.0 Å². The minimum Gasteiger partial charge on any atom is -0.497 e. The van der Waals surface area contributed by atoms with Crippen molar-refractivity contribution >= 4 is 5.91 Å². The standard InChI is InChI=1S/C18H25N5O2/c1-4-5-12-23-17(19-20-21-23)18(2)11-10-16(24)22(18)13-14-6-8-15(25-3)9-7-14/h6-9H,4-5,10-13H2,1-3H3. The lowest BCUT2D eigenvalue weighted by Crippen LogP contribution is -2.42. The topological polar surface area (TPSA) is 73.1 Å². The maximum Gasteiger partial charge on any atom is 0.223 e. The van der Waals surface area contributed by atoms with E-state index in [4.69, 9.17) is 4.74 Å². The summed E-state index contributed by atoms with van der Waals surface area (Å²) in [5, 5.41) is 12.3. The van der Waals surface area contributed by atoms with Crippen LogP contribution < -0.4 is 4.74 Å². The van der Waals surface area contributed by atoms with Gasteiger partial charge in [-0.1, -0.05) is 25.5 Å². The van der Waals surface area contributed by atoms with Crippen LogP contribution in [0, 0.1) is 0 Å². The lowest BCUT2D eigenvalue weighted by atomic mass is 9.97. The third-order valence-electron chi connectivity index (χ3n) is 4.96. The molecule has 7 nitrogen and oxygen atoms in total. The van der Waals surface area contributed by atoms with Crippen molar-refractivity contribution in [1.82, 2.24) is 25.1 Å². The van der Waals surface area contributed by atoms with Crippen molar-refractivity contribution in [3.63, 3.8) is 0 Å². The molecule has 1 atom stereocenters. The molecule has 1 aromatic carbocycles. The van der Waals surface area contributed by atoms with Crippen LogP contribution in [0.25, 0.3) is 0 Å². The highest BCUT2D eigenvalue weighted by Crippen LogP contribution is 2.39. The number of ether oxygens (including phenoxy) is 1. The Hall–Kier alpha value is -2.44. The maximum absolute atomic E-state index is 12.6. The van der Waals surface area contributed by atoms with Gasteiger partial charge in [0.05, 0.1) is 7.11 Å². The van der Waals surface area contributed by atoms with E-state index in [2.05, 4.69) is 29.4 Å². The zero-order chi connectivity index (χ0) is 17.9. The van der Waals surface area contributed by atoms with Crippen LogP contribution in [0.5, 0.6) is 5.75 Å². The van der Waals surface area contributed by atoms with Crippen LogP contribution in [-0.4, -0.2) is 38.1 Å². The van der Waals surface area contributed by atoms with E-state index in [-0.39, 0.29) is 5.91 Å². The number of nitrogens with zero attached hydrogens (tertiary/aromatic N) is 5. The summed E-state index contributed by atoms with van der Waals surface area (Å²) in [5.41, 5.74) is 0.587. The van der Waals surface area contributed by atoms with Gasteiger partial charge >= 0.3 is 0 Å². The summed E-state index contributed by atoms with van der Waals surface area (Å²) in [4.78, 5) is 14.5. The fourth-order valence-corrected chi connectivity index (χ4v) is 3.35. The summed E-state index contributed by atoms with van der Waals surface area (Å²) in [5.74, 6) is 1.73. The van der Waals surface area contributed by atoms with Gasteiger partial charge in [0, 0.05) is 19.5 Å². The smallest absolute Gasteiger partial charge is 0.223 e. The molecule has 0 spiro atoms. The molecule has 3 rings (SSSR count). The molecule has 2 heterocycles. The first-order chi connectivity index (χ1) is 12.1. The van der Waals surface area contributed by atoms with E-state index in [1.807, 2.05) is 33.8 Å². The van der Waals surface area contributed by atoms with Crippen LogP contribution in [0.2, 0.25) is 0 Å². The number of hydrogen-bond donors (Lipinski definition) is 0. The van der Waals surface area contributed by atoms with Crippen molar-refractivity contribution in [2.24, 2.45) is 0 Å². The van der Waals surface area contributed by atoms with Crippen molar-refractivity contribution in [3.8, 4) is 5.75 Å². The molecule has 0 aliphatic carbocycles. The van der Waals surface area contributed by atoms with E-state index in [1.54, 1.807) is 7.11 Å². The molecule has 1 aromatic heterocycles. The number of likely N-dealkylation sites (tertiary alicyclic amines) is 1. The molecule has 1 saturated heterocycles. The molecule has 0 N–H and O–H groups in total. The Bertz CT molecular complexity index is 727. The number of hydrogen-bond acceptors (Lipinski definition) is 5. The third-order valence-corrected chi connectivity index (χ3v) is 4.96. The first-order valence-corrected chi connectivity index (χ1v) is 8.78. The van der Waals surface area contributed by atoms with Gasteiger partial charge < -0.3 is 9.64 Å². The number of carbonyl (C=O) groups excluding carboxylic acids is 1. The second-order valence-electron chi connectivity index (χ2n) is 6.68. The number of rotatable bonds is 7. The Labute approximate surface area is 148 Å². The van der Waals surface area contributed by atoms with Gasteiger partial charge in [-0.05, 0) is 47.9 Å². The van der Waals surface area contributed by atoms with Crippen molar-refractivity contribution in [3.05, 3.63) is 35.7 Å². The highest BCUT2D eigenvalue weighted by atomic mass is 16.5. The van der Waals surface area contributed by atoms with Gasteiger partial charge in [0.2, 0.25) is 5.91 Å². The molecule has 1 fully saturated rings. The SMILES string of the molecule is CCCCn1nnnc1C1(C)CCC(=O)N1Cc1ccc(OC)cc1. The average molecular weight is 343 g/mol. The fraction of sp³-hybridized carbons (Fsp3) is 0.556. The largest absolute Gasteiger partial charge is 0.497 e. The fourth-order valence-electron chi connectivity index (χ4n) is 3.35. The molecule has 2 aromatic rings. The van der Waals surface area contributed by atoms with Gasteiger partial charge in [-0.25, -0.2) is 4.68 Å². The molecule has 1 unspecified atom stereocenters. The summed E-state index contributed by atoms with van der Waals surface area (Å²) in [6.07, 6.45) is 3.34. The van der Waals surface area contributed by atoms with Crippen LogP contribution >= 0.6 is 0 Å². The Morgan fingerprint density at radius 1 is 1.28 bits per heavy atom. The maximum atomic E-state index is 12.6. The summed E-state index contributed by atoms with van der Waals surface area (Å²) < 4.78 is 7.05. The van der Waals surface area contributed by atoms with Crippen LogP contribution in [0.3, 0.4) is 0 Å². The Morgan fingerprint density at radius 3 is 2.72 bits per heavy atom. The molecule has 134 valence electrons. The van der Waals surface area contributed by atoms with Gasteiger partial charge in [0.25, 0.3) is 0 Å². The molecular formula is C18H25N5O2. The van der Waals surface area contributed by atoms with Gasteiger partial charge in [0.1, 0.15) is 11.3 Å². The molecule has 1 aliphatic heterocycles. The van der Waals surface area contributed by atoms with Crippen molar-refractivity contribution in [2.45, 2.75) is 58.2 Å². The average Bonchev–Trinajstić information content (AvgIpc) is 3.21. The number of amides is 1. The summed E-state index contributed by atoms with van der Waals surface area (Å²) >= 11 is 0. The van der Waals surface area contributed by atoms with E-state index in [1.165, 1.54) is 0 Å².